The fourth-order valence-electron chi connectivity index (χ4n) is 1.22. The molecule has 1 aliphatic heterocycles. The van der Waals surface area contributed by atoms with Crippen molar-refractivity contribution in [3.05, 3.63) is 0 Å². The quantitative estimate of drug-likeness (QED) is 0.673. The van der Waals surface area contributed by atoms with E-state index in [0.717, 1.165) is 0 Å². The Morgan fingerprint density at radius 2 is 2.07 bits per heavy atom. The summed E-state index contributed by atoms with van der Waals surface area (Å²) in [6.45, 7) is 6.30. The lowest BCUT2D eigenvalue weighted by molar-refractivity contribution is 0.0270. The van der Waals surface area contributed by atoms with Gasteiger partial charge in [0, 0.05) is 6.54 Å². The first kappa shape index (κ1) is 11.8. The van der Waals surface area contributed by atoms with Gasteiger partial charge in [-0.2, -0.15) is 0 Å². The first-order chi connectivity index (χ1) is 6.29. The van der Waals surface area contributed by atoms with Crippen molar-refractivity contribution >= 4 is 22.0 Å². The lowest BCUT2D eigenvalue weighted by Crippen LogP contribution is -2.35. The molecule has 0 saturated carbocycles. The predicted molar refractivity (Wildman–Crippen MR) is 56.5 cm³/mol. The fourth-order valence-corrected chi connectivity index (χ4v) is 1.74. The first-order valence-electron chi connectivity index (χ1n) is 4.59. The van der Waals surface area contributed by atoms with Crippen molar-refractivity contribution in [2.24, 2.45) is 0 Å². The topological polar surface area (TPSA) is 49.8 Å². The van der Waals surface area contributed by atoms with Crippen LogP contribution in [0.4, 0.5) is 4.79 Å². The van der Waals surface area contributed by atoms with Gasteiger partial charge in [0.1, 0.15) is 5.60 Å². The molecule has 0 aromatic heterocycles. The molecule has 0 aliphatic carbocycles. The lowest BCUT2D eigenvalue weighted by atomic mass is 10.2. The van der Waals surface area contributed by atoms with Crippen molar-refractivity contribution in [2.45, 2.75) is 37.3 Å². The zero-order valence-corrected chi connectivity index (χ0v) is 10.2. The molecule has 0 aromatic rings. The summed E-state index contributed by atoms with van der Waals surface area (Å²) in [5, 5.41) is 9.42. The van der Waals surface area contributed by atoms with Gasteiger partial charge in [-0.15, -0.1) is 0 Å². The molecule has 1 fully saturated rings. The van der Waals surface area contributed by atoms with E-state index >= 15 is 0 Å². The smallest absolute Gasteiger partial charge is 0.410 e. The van der Waals surface area contributed by atoms with E-state index in [2.05, 4.69) is 15.9 Å². The van der Waals surface area contributed by atoms with Gasteiger partial charge in [0.05, 0.1) is 17.5 Å². The highest BCUT2D eigenvalue weighted by Gasteiger charge is 2.34. The summed E-state index contributed by atoms with van der Waals surface area (Å²) in [5.41, 5.74) is -0.480. The number of likely N-dealkylation sites (tertiary alicyclic amines) is 1. The molecule has 1 N–H and O–H groups in total. The predicted octanol–water partition coefficient (Wildman–Crippen LogP) is 1.36. The van der Waals surface area contributed by atoms with Crippen LogP contribution in [0, 0.1) is 0 Å². The summed E-state index contributed by atoms with van der Waals surface area (Å²) < 4.78 is 5.17. The summed E-state index contributed by atoms with van der Waals surface area (Å²) in [6.07, 6.45) is -0.860. The largest absolute Gasteiger partial charge is 0.444 e. The van der Waals surface area contributed by atoms with Crippen LogP contribution in [0.2, 0.25) is 0 Å². The molecule has 0 bridgehead atoms. The summed E-state index contributed by atoms with van der Waals surface area (Å²) in [7, 11) is 0. The van der Waals surface area contributed by atoms with Crippen molar-refractivity contribution < 1.29 is 14.6 Å². The van der Waals surface area contributed by atoms with Crippen molar-refractivity contribution in [3.63, 3.8) is 0 Å². The van der Waals surface area contributed by atoms with Crippen LogP contribution in [0.1, 0.15) is 20.8 Å². The molecule has 1 amide bonds. The maximum absolute atomic E-state index is 11.5. The van der Waals surface area contributed by atoms with E-state index in [1.807, 2.05) is 20.8 Å². The third kappa shape index (κ3) is 3.13. The zero-order valence-electron chi connectivity index (χ0n) is 8.66. The molecular weight excluding hydrogens is 250 g/mol. The number of halogens is 1. The molecule has 82 valence electrons. The van der Waals surface area contributed by atoms with Crippen molar-refractivity contribution in [2.75, 3.05) is 13.1 Å². The van der Waals surface area contributed by atoms with Gasteiger partial charge in [0.2, 0.25) is 0 Å². The number of aliphatic hydroxyl groups excluding tert-OH is 1. The highest BCUT2D eigenvalue weighted by atomic mass is 79.9. The normalized spacial score (nSPS) is 27.9. The number of amides is 1. The lowest BCUT2D eigenvalue weighted by Gasteiger charge is -2.24. The monoisotopic (exact) mass is 265 g/mol. The second kappa shape index (κ2) is 4.06. The van der Waals surface area contributed by atoms with Gasteiger partial charge in [-0.1, -0.05) is 15.9 Å². The minimum absolute atomic E-state index is 0.0463. The third-order valence-electron chi connectivity index (χ3n) is 1.87. The zero-order chi connectivity index (χ0) is 10.9. The maximum atomic E-state index is 11.5. The fraction of sp³-hybridized carbons (Fsp3) is 0.889. The van der Waals surface area contributed by atoms with Crippen LogP contribution in [-0.4, -0.2) is 45.7 Å². The van der Waals surface area contributed by atoms with Gasteiger partial charge in [0.15, 0.2) is 0 Å². The molecule has 4 nitrogen and oxygen atoms in total. The van der Waals surface area contributed by atoms with E-state index in [4.69, 9.17) is 4.74 Å². The second-order valence-corrected chi connectivity index (χ2v) is 5.64. The van der Waals surface area contributed by atoms with Crippen LogP contribution in [0.15, 0.2) is 0 Å². The molecule has 5 heteroatoms. The van der Waals surface area contributed by atoms with Crippen LogP contribution in [0.25, 0.3) is 0 Å². The molecule has 14 heavy (non-hydrogen) atoms. The molecule has 1 rings (SSSR count). The minimum Gasteiger partial charge on any atom is -0.444 e. The van der Waals surface area contributed by atoms with Gasteiger partial charge < -0.3 is 14.7 Å². The van der Waals surface area contributed by atoms with Crippen LogP contribution >= 0.6 is 15.9 Å². The summed E-state index contributed by atoms with van der Waals surface area (Å²) in [5.74, 6) is 0. The molecule has 0 radical (unpaired) electrons. The van der Waals surface area contributed by atoms with Crippen LogP contribution in [-0.2, 0) is 4.74 Å². The van der Waals surface area contributed by atoms with E-state index < -0.39 is 11.7 Å². The molecule has 1 saturated heterocycles. The Kier molecular flexibility index (Phi) is 3.42. The third-order valence-corrected chi connectivity index (χ3v) is 2.77. The number of hydrogen-bond acceptors (Lipinski definition) is 3. The Bertz CT molecular complexity index is 217. The molecule has 0 aromatic carbocycles. The highest BCUT2D eigenvalue weighted by molar-refractivity contribution is 9.09. The van der Waals surface area contributed by atoms with Gasteiger partial charge >= 0.3 is 6.09 Å². The SMILES string of the molecule is CC(C)(C)OC(=O)N1C[C@H](O)[C@@H](Br)C1. The molecule has 0 spiro atoms. The molecule has 0 unspecified atom stereocenters. The van der Waals surface area contributed by atoms with E-state index in [1.165, 1.54) is 4.90 Å². The number of carbonyl (C=O) groups is 1. The Morgan fingerprint density at radius 1 is 1.50 bits per heavy atom. The number of aliphatic hydroxyl groups is 1. The average molecular weight is 266 g/mol. The number of hydrogen-bond donors (Lipinski definition) is 1. The number of alkyl halides is 1. The standard InChI is InChI=1S/C9H16BrNO3/c1-9(2,3)14-8(13)11-4-6(10)7(12)5-11/h6-7,12H,4-5H2,1-3H3/t6-,7-/m0/s1. The maximum Gasteiger partial charge on any atom is 0.410 e. The van der Waals surface area contributed by atoms with Crippen LogP contribution < -0.4 is 0 Å². The molecule has 1 heterocycles. The van der Waals surface area contributed by atoms with Gasteiger partial charge in [-0.05, 0) is 20.8 Å². The van der Waals surface area contributed by atoms with Crippen molar-refractivity contribution in [1.82, 2.24) is 4.90 Å². The van der Waals surface area contributed by atoms with Crippen LogP contribution in [0.5, 0.6) is 0 Å². The number of nitrogens with zero attached hydrogens (tertiary/aromatic N) is 1. The first-order valence-corrected chi connectivity index (χ1v) is 5.51. The van der Waals surface area contributed by atoms with Gasteiger partial charge in [-0.3, -0.25) is 0 Å². The Labute approximate surface area is 92.3 Å². The molecular formula is C9H16BrNO3. The van der Waals surface area contributed by atoms with Crippen LogP contribution in [0.3, 0.4) is 0 Å². The Hall–Kier alpha value is -0.290. The number of ether oxygens (including phenoxy) is 1. The highest BCUT2D eigenvalue weighted by Crippen LogP contribution is 2.19. The average Bonchev–Trinajstić information content (AvgIpc) is 2.28. The second-order valence-electron chi connectivity index (χ2n) is 4.47. The van der Waals surface area contributed by atoms with Gasteiger partial charge in [0.25, 0.3) is 0 Å². The Morgan fingerprint density at radius 3 is 2.43 bits per heavy atom. The van der Waals surface area contributed by atoms with E-state index in [1.54, 1.807) is 0 Å². The number of carbonyl (C=O) groups excluding carboxylic acids is 1. The molecule has 1 aliphatic rings. The summed E-state index contributed by atoms with van der Waals surface area (Å²) in [4.78, 5) is 13.0. The van der Waals surface area contributed by atoms with Gasteiger partial charge in [-0.25, -0.2) is 4.79 Å². The number of rotatable bonds is 0. The Balaban J connectivity index is 2.48. The summed E-state index contributed by atoms with van der Waals surface area (Å²) in [6, 6.07) is 0. The van der Waals surface area contributed by atoms with E-state index in [0.29, 0.717) is 13.1 Å². The number of β-amino-alcohol motifs (C(OH)–C–C–N with tert-alkyl or cyclic N) is 1. The van der Waals surface area contributed by atoms with E-state index in [9.17, 15) is 9.90 Å². The van der Waals surface area contributed by atoms with Crippen molar-refractivity contribution in [3.8, 4) is 0 Å². The minimum atomic E-state index is -0.498. The molecule has 2 atom stereocenters. The van der Waals surface area contributed by atoms with E-state index in [-0.39, 0.29) is 10.9 Å². The summed E-state index contributed by atoms with van der Waals surface area (Å²) >= 11 is 3.29. The van der Waals surface area contributed by atoms with Crippen molar-refractivity contribution in [1.29, 1.82) is 0 Å².